The van der Waals surface area contributed by atoms with Crippen LogP contribution in [-0.2, 0) is 9.53 Å². The third-order valence-electron chi connectivity index (χ3n) is 3.19. The van der Waals surface area contributed by atoms with Gasteiger partial charge >= 0.3 is 6.09 Å². The van der Waals surface area contributed by atoms with Gasteiger partial charge in [-0.1, -0.05) is 6.58 Å². The first-order valence-electron chi connectivity index (χ1n) is 6.59. The predicted molar refractivity (Wildman–Crippen MR) is 73.8 cm³/mol. The van der Waals surface area contributed by atoms with Crippen molar-refractivity contribution in [2.45, 2.75) is 51.7 Å². The van der Waals surface area contributed by atoms with Gasteiger partial charge in [0.05, 0.1) is 5.54 Å². The summed E-state index contributed by atoms with van der Waals surface area (Å²) in [6, 6.07) is 0. The van der Waals surface area contributed by atoms with Crippen molar-refractivity contribution in [2.24, 2.45) is 0 Å². The molecule has 0 aromatic rings. The van der Waals surface area contributed by atoms with Gasteiger partial charge in [0.15, 0.2) is 0 Å². The maximum absolute atomic E-state index is 12.2. The Labute approximate surface area is 115 Å². The summed E-state index contributed by atoms with van der Waals surface area (Å²) in [6.07, 6.45) is 2.68. The Kier molecular flexibility index (Phi) is 4.61. The highest BCUT2D eigenvalue weighted by Crippen LogP contribution is 2.30. The zero-order valence-electron chi connectivity index (χ0n) is 12.3. The van der Waals surface area contributed by atoms with E-state index in [-0.39, 0.29) is 17.5 Å². The van der Waals surface area contributed by atoms with Crippen molar-refractivity contribution in [1.29, 1.82) is 0 Å². The van der Waals surface area contributed by atoms with Gasteiger partial charge in [0, 0.05) is 13.1 Å². The molecule has 0 unspecified atom stereocenters. The van der Waals surface area contributed by atoms with E-state index in [1.807, 2.05) is 27.7 Å². The second-order valence-corrected chi connectivity index (χ2v) is 6.15. The molecule has 1 fully saturated rings. The van der Waals surface area contributed by atoms with Gasteiger partial charge in [-0.25, -0.2) is 4.79 Å². The fourth-order valence-corrected chi connectivity index (χ4v) is 2.19. The lowest BCUT2D eigenvalue weighted by molar-refractivity contribution is -0.117. The van der Waals surface area contributed by atoms with Crippen LogP contribution in [0.3, 0.4) is 0 Å². The summed E-state index contributed by atoms with van der Waals surface area (Å²) in [5.74, 6) is -0.225. The number of amides is 2. The van der Waals surface area contributed by atoms with E-state index in [1.54, 1.807) is 4.90 Å². The van der Waals surface area contributed by atoms with E-state index in [9.17, 15) is 9.59 Å². The first kappa shape index (κ1) is 15.5. The maximum Gasteiger partial charge on any atom is 0.410 e. The largest absolute Gasteiger partial charge is 0.444 e. The zero-order chi connectivity index (χ0) is 14.7. The first-order chi connectivity index (χ1) is 8.68. The van der Waals surface area contributed by atoms with Crippen molar-refractivity contribution >= 4 is 12.0 Å². The van der Waals surface area contributed by atoms with E-state index < -0.39 is 5.60 Å². The highest BCUT2D eigenvalue weighted by molar-refractivity contribution is 5.86. The summed E-state index contributed by atoms with van der Waals surface area (Å²) in [5, 5.41) is 2.76. The Hall–Kier alpha value is -1.52. The van der Waals surface area contributed by atoms with Gasteiger partial charge in [0.25, 0.3) is 0 Å². The number of rotatable bonds is 3. The number of nitrogens with zero attached hydrogens (tertiary/aromatic N) is 1. The lowest BCUT2D eigenvalue weighted by Gasteiger charge is -2.36. The van der Waals surface area contributed by atoms with Crippen molar-refractivity contribution in [1.82, 2.24) is 10.2 Å². The second-order valence-electron chi connectivity index (χ2n) is 6.15. The van der Waals surface area contributed by atoms with Crippen LogP contribution < -0.4 is 5.32 Å². The number of hydrogen-bond donors (Lipinski definition) is 1. The molecule has 1 rings (SSSR count). The minimum Gasteiger partial charge on any atom is -0.444 e. The van der Waals surface area contributed by atoms with Gasteiger partial charge in [0.2, 0.25) is 5.91 Å². The van der Waals surface area contributed by atoms with Crippen LogP contribution in [-0.4, -0.2) is 41.1 Å². The summed E-state index contributed by atoms with van der Waals surface area (Å²) in [4.78, 5) is 25.1. The van der Waals surface area contributed by atoms with Crippen LogP contribution in [0.25, 0.3) is 0 Å². The molecule has 0 saturated carbocycles. The zero-order valence-corrected chi connectivity index (χ0v) is 12.3. The lowest BCUT2D eigenvalue weighted by Crippen LogP contribution is -2.53. The van der Waals surface area contributed by atoms with Crippen LogP contribution in [0.4, 0.5) is 4.79 Å². The summed E-state index contributed by atoms with van der Waals surface area (Å²) in [7, 11) is 0. The molecule has 5 heteroatoms. The predicted octanol–water partition coefficient (Wildman–Crippen LogP) is 2.08. The van der Waals surface area contributed by atoms with E-state index in [2.05, 4.69) is 11.9 Å². The topological polar surface area (TPSA) is 58.6 Å². The molecule has 0 spiro atoms. The first-order valence-corrected chi connectivity index (χ1v) is 6.59. The molecule has 1 saturated heterocycles. The van der Waals surface area contributed by atoms with E-state index in [0.717, 1.165) is 12.8 Å². The number of carbonyl (C=O) groups excluding carboxylic acids is 2. The number of ether oxygens (including phenoxy) is 1. The monoisotopic (exact) mass is 268 g/mol. The Morgan fingerprint density at radius 2 is 2.11 bits per heavy atom. The molecule has 108 valence electrons. The van der Waals surface area contributed by atoms with Crippen LogP contribution in [0.15, 0.2) is 12.7 Å². The molecule has 1 heterocycles. The Morgan fingerprint density at radius 1 is 1.47 bits per heavy atom. The smallest absolute Gasteiger partial charge is 0.410 e. The average Bonchev–Trinajstić information content (AvgIpc) is 2.66. The summed E-state index contributed by atoms with van der Waals surface area (Å²) in [5.41, 5.74) is -0.897. The second kappa shape index (κ2) is 5.63. The van der Waals surface area contributed by atoms with E-state index in [0.29, 0.717) is 13.1 Å². The Morgan fingerprint density at radius 3 is 2.63 bits per heavy atom. The van der Waals surface area contributed by atoms with Crippen molar-refractivity contribution in [2.75, 3.05) is 13.1 Å². The molecule has 19 heavy (non-hydrogen) atoms. The Balaban J connectivity index is 2.69. The molecule has 1 atom stereocenters. The third kappa shape index (κ3) is 4.26. The van der Waals surface area contributed by atoms with Crippen molar-refractivity contribution < 1.29 is 14.3 Å². The maximum atomic E-state index is 12.2. The average molecular weight is 268 g/mol. The number of nitrogens with one attached hydrogen (secondary N) is 1. The fourth-order valence-electron chi connectivity index (χ4n) is 2.19. The fraction of sp³-hybridized carbons (Fsp3) is 0.714. The Bertz CT molecular complexity index is 373. The summed E-state index contributed by atoms with van der Waals surface area (Å²) in [6.45, 7) is 12.0. The van der Waals surface area contributed by atoms with Crippen LogP contribution >= 0.6 is 0 Å². The molecule has 0 aliphatic carbocycles. The van der Waals surface area contributed by atoms with Crippen molar-refractivity contribution in [3.05, 3.63) is 12.7 Å². The molecule has 1 aliphatic rings. The lowest BCUT2D eigenvalue weighted by atomic mass is 9.99. The normalized spacial score (nSPS) is 23.1. The van der Waals surface area contributed by atoms with Crippen molar-refractivity contribution in [3.63, 3.8) is 0 Å². The molecular formula is C14H24N2O3. The van der Waals surface area contributed by atoms with E-state index in [4.69, 9.17) is 4.74 Å². The molecule has 5 nitrogen and oxygen atoms in total. The minimum atomic E-state index is -0.509. The van der Waals surface area contributed by atoms with Crippen molar-refractivity contribution in [3.8, 4) is 0 Å². The van der Waals surface area contributed by atoms with Crippen LogP contribution in [0.5, 0.6) is 0 Å². The molecule has 0 aromatic heterocycles. The number of likely N-dealkylation sites (tertiary alicyclic amines) is 1. The van der Waals surface area contributed by atoms with Gasteiger partial charge in [-0.2, -0.15) is 0 Å². The quantitative estimate of drug-likeness (QED) is 0.797. The van der Waals surface area contributed by atoms with Gasteiger partial charge in [-0.3, -0.25) is 4.79 Å². The van der Waals surface area contributed by atoms with E-state index in [1.165, 1.54) is 6.08 Å². The number of hydrogen-bond acceptors (Lipinski definition) is 3. The van der Waals surface area contributed by atoms with Gasteiger partial charge in [0.1, 0.15) is 5.60 Å². The molecule has 2 amide bonds. The van der Waals surface area contributed by atoms with Crippen LogP contribution in [0, 0.1) is 0 Å². The highest BCUT2D eigenvalue weighted by Gasteiger charge is 2.41. The third-order valence-corrected chi connectivity index (χ3v) is 3.19. The number of carbonyl (C=O) groups is 2. The summed E-state index contributed by atoms with van der Waals surface area (Å²) >= 11 is 0. The van der Waals surface area contributed by atoms with Crippen LogP contribution in [0.1, 0.15) is 40.5 Å². The standard InChI is InChI=1S/C14H24N2O3/c1-6-11(17)15-10-14(5)8-7-9-16(14)12(18)19-13(2,3)4/h6H,1,7-10H2,2-5H3,(H,15,17)/t14-/m1/s1. The molecule has 0 bridgehead atoms. The van der Waals surface area contributed by atoms with E-state index >= 15 is 0 Å². The van der Waals surface area contributed by atoms with Crippen LogP contribution in [0.2, 0.25) is 0 Å². The SMILES string of the molecule is C=CC(=O)NC[C@@]1(C)CCCN1C(=O)OC(C)(C)C. The minimum absolute atomic E-state index is 0.225. The molecule has 1 aliphatic heterocycles. The highest BCUT2D eigenvalue weighted by atomic mass is 16.6. The molecule has 0 radical (unpaired) electrons. The molecule has 1 N–H and O–H groups in total. The van der Waals surface area contributed by atoms with Gasteiger partial charge in [-0.15, -0.1) is 0 Å². The summed E-state index contributed by atoms with van der Waals surface area (Å²) < 4.78 is 5.40. The van der Waals surface area contributed by atoms with Gasteiger partial charge in [-0.05, 0) is 46.6 Å². The van der Waals surface area contributed by atoms with Gasteiger partial charge < -0.3 is 15.0 Å². The molecular weight excluding hydrogens is 244 g/mol. The molecule has 0 aromatic carbocycles.